The Balaban J connectivity index is 2.25. The number of para-hydroxylation sites is 1. The number of methoxy groups -OCH3 is 1. The highest BCUT2D eigenvalue weighted by Gasteiger charge is 2.29. The molecule has 0 aliphatic rings. The number of nitrogens with one attached hydrogen (secondary N) is 1. The Kier molecular flexibility index (Phi) is 6.97. The molecule has 0 fully saturated rings. The van der Waals surface area contributed by atoms with Crippen LogP contribution in [0.2, 0.25) is 10.0 Å². The van der Waals surface area contributed by atoms with Crippen LogP contribution >= 0.6 is 23.2 Å². The van der Waals surface area contributed by atoms with Gasteiger partial charge in [0.05, 0.1) is 19.1 Å². The van der Waals surface area contributed by atoms with Crippen LogP contribution in [0.25, 0.3) is 0 Å². The number of rotatable bonds is 7. The van der Waals surface area contributed by atoms with E-state index in [4.69, 9.17) is 27.9 Å². The molecular formula is C18H20Cl2N2O4S. The summed E-state index contributed by atoms with van der Waals surface area (Å²) in [6.45, 7) is 1.69. The second kappa shape index (κ2) is 8.82. The first-order valence-electron chi connectivity index (χ1n) is 7.98. The van der Waals surface area contributed by atoms with Gasteiger partial charge in [-0.2, -0.15) is 0 Å². The highest BCUT2D eigenvalue weighted by atomic mass is 35.5. The van der Waals surface area contributed by atoms with E-state index in [0.29, 0.717) is 5.75 Å². The monoisotopic (exact) mass is 430 g/mol. The minimum atomic E-state index is -3.76. The van der Waals surface area contributed by atoms with Gasteiger partial charge in [0, 0.05) is 22.2 Å². The van der Waals surface area contributed by atoms with Crippen molar-refractivity contribution in [1.82, 2.24) is 5.32 Å². The lowest BCUT2D eigenvalue weighted by Gasteiger charge is -2.28. The molecule has 0 bridgehead atoms. The molecule has 9 heteroatoms. The Hall–Kier alpha value is -1.96. The molecule has 27 heavy (non-hydrogen) atoms. The first-order chi connectivity index (χ1) is 12.6. The zero-order chi connectivity index (χ0) is 20.2. The van der Waals surface area contributed by atoms with Gasteiger partial charge in [-0.3, -0.25) is 9.10 Å². The predicted molar refractivity (Wildman–Crippen MR) is 108 cm³/mol. The molecule has 2 aromatic rings. The third-order valence-electron chi connectivity index (χ3n) is 3.84. The highest BCUT2D eigenvalue weighted by Crippen LogP contribution is 2.28. The summed E-state index contributed by atoms with van der Waals surface area (Å²) in [6, 6.07) is 10.6. The van der Waals surface area contributed by atoms with Crippen molar-refractivity contribution in [2.45, 2.75) is 19.5 Å². The minimum Gasteiger partial charge on any atom is -0.496 e. The average Bonchev–Trinajstić information content (AvgIpc) is 2.57. The maximum absolute atomic E-state index is 12.6. The number of anilines is 1. The summed E-state index contributed by atoms with van der Waals surface area (Å²) < 4.78 is 30.9. The van der Waals surface area contributed by atoms with E-state index in [2.05, 4.69) is 5.32 Å². The molecule has 0 aromatic heterocycles. The van der Waals surface area contributed by atoms with E-state index < -0.39 is 22.0 Å². The molecular weight excluding hydrogens is 411 g/mol. The second-order valence-electron chi connectivity index (χ2n) is 5.89. The number of amides is 1. The van der Waals surface area contributed by atoms with E-state index in [1.807, 2.05) is 18.2 Å². The van der Waals surface area contributed by atoms with Crippen LogP contribution in [0.15, 0.2) is 42.5 Å². The number of halogens is 2. The fourth-order valence-corrected chi connectivity index (χ4v) is 4.33. The van der Waals surface area contributed by atoms with Gasteiger partial charge in [-0.25, -0.2) is 8.42 Å². The van der Waals surface area contributed by atoms with Gasteiger partial charge in [0.2, 0.25) is 15.9 Å². The fourth-order valence-electron chi connectivity index (χ4n) is 2.65. The standard InChI is InChI=1S/C18H20Cl2N2O4S/c1-12(18(23)21-11-13-6-4-5-7-17(13)26-2)22(27(3,24)25)16-9-14(19)8-15(20)10-16/h4-10,12H,11H2,1-3H3,(H,21,23)/t12-/m1/s1. The van der Waals surface area contributed by atoms with Crippen molar-refractivity contribution in [3.8, 4) is 5.75 Å². The van der Waals surface area contributed by atoms with Crippen LogP contribution in [0, 0.1) is 0 Å². The topological polar surface area (TPSA) is 75.7 Å². The van der Waals surface area contributed by atoms with Gasteiger partial charge >= 0.3 is 0 Å². The lowest BCUT2D eigenvalue weighted by molar-refractivity contribution is -0.122. The molecule has 0 spiro atoms. The summed E-state index contributed by atoms with van der Waals surface area (Å²) in [5.41, 5.74) is 0.993. The smallest absolute Gasteiger partial charge is 0.243 e. The average molecular weight is 431 g/mol. The summed E-state index contributed by atoms with van der Waals surface area (Å²) in [5.74, 6) is 0.162. The van der Waals surface area contributed by atoms with E-state index >= 15 is 0 Å². The Morgan fingerprint density at radius 2 is 1.78 bits per heavy atom. The molecule has 0 aliphatic carbocycles. The van der Waals surface area contributed by atoms with Crippen molar-refractivity contribution in [3.63, 3.8) is 0 Å². The fraction of sp³-hybridized carbons (Fsp3) is 0.278. The summed E-state index contributed by atoms with van der Waals surface area (Å²) >= 11 is 12.0. The van der Waals surface area contributed by atoms with Gasteiger partial charge in [0.25, 0.3) is 0 Å². The van der Waals surface area contributed by atoms with E-state index in [9.17, 15) is 13.2 Å². The normalized spacial score (nSPS) is 12.3. The van der Waals surface area contributed by atoms with Crippen LogP contribution in [0.5, 0.6) is 5.75 Å². The van der Waals surface area contributed by atoms with Gasteiger partial charge in [-0.15, -0.1) is 0 Å². The Morgan fingerprint density at radius 1 is 1.19 bits per heavy atom. The molecule has 1 atom stereocenters. The first-order valence-corrected chi connectivity index (χ1v) is 10.6. The van der Waals surface area contributed by atoms with Gasteiger partial charge in [-0.05, 0) is 31.2 Å². The maximum Gasteiger partial charge on any atom is 0.243 e. The summed E-state index contributed by atoms with van der Waals surface area (Å²) in [7, 11) is -2.22. The first kappa shape index (κ1) is 21.3. The number of benzene rings is 2. The SMILES string of the molecule is COc1ccccc1CNC(=O)[C@@H](C)N(c1cc(Cl)cc(Cl)c1)S(C)(=O)=O. The quantitative estimate of drug-likeness (QED) is 0.729. The van der Waals surface area contributed by atoms with Gasteiger partial charge in [-0.1, -0.05) is 41.4 Å². The lowest BCUT2D eigenvalue weighted by atomic mass is 10.2. The number of hydrogen-bond donors (Lipinski definition) is 1. The Bertz CT molecular complexity index is 914. The number of carbonyl (C=O) groups excluding carboxylic acids is 1. The molecule has 0 heterocycles. The molecule has 1 amide bonds. The molecule has 2 rings (SSSR count). The van der Waals surface area contributed by atoms with E-state index in [-0.39, 0.29) is 22.3 Å². The summed E-state index contributed by atoms with van der Waals surface area (Å²) in [5, 5.41) is 3.28. The molecule has 6 nitrogen and oxygen atoms in total. The van der Waals surface area contributed by atoms with Crippen molar-refractivity contribution in [2.75, 3.05) is 17.7 Å². The minimum absolute atomic E-state index is 0.196. The number of nitrogens with zero attached hydrogens (tertiary/aromatic N) is 1. The molecule has 0 saturated heterocycles. The van der Waals surface area contributed by atoms with Crippen molar-refractivity contribution >= 4 is 44.8 Å². The van der Waals surface area contributed by atoms with Crippen molar-refractivity contribution in [3.05, 3.63) is 58.1 Å². The molecule has 146 valence electrons. The highest BCUT2D eigenvalue weighted by molar-refractivity contribution is 7.92. The van der Waals surface area contributed by atoms with Crippen LogP contribution in [-0.4, -0.2) is 33.7 Å². The van der Waals surface area contributed by atoms with Crippen LogP contribution in [0.1, 0.15) is 12.5 Å². The summed E-state index contributed by atoms with van der Waals surface area (Å²) in [6.07, 6.45) is 1.02. The summed E-state index contributed by atoms with van der Waals surface area (Å²) in [4.78, 5) is 12.6. The number of ether oxygens (including phenoxy) is 1. The maximum atomic E-state index is 12.6. The van der Waals surface area contributed by atoms with E-state index in [0.717, 1.165) is 16.1 Å². The zero-order valence-electron chi connectivity index (χ0n) is 15.1. The van der Waals surface area contributed by atoms with Crippen molar-refractivity contribution in [1.29, 1.82) is 0 Å². The molecule has 2 aromatic carbocycles. The van der Waals surface area contributed by atoms with Crippen LogP contribution in [-0.2, 0) is 21.4 Å². The van der Waals surface area contributed by atoms with Crippen LogP contribution in [0.4, 0.5) is 5.69 Å². The lowest BCUT2D eigenvalue weighted by Crippen LogP contribution is -2.47. The Labute approximate surface area is 169 Å². The van der Waals surface area contributed by atoms with Gasteiger partial charge in [0.1, 0.15) is 11.8 Å². The van der Waals surface area contributed by atoms with E-state index in [1.54, 1.807) is 6.07 Å². The number of hydrogen-bond acceptors (Lipinski definition) is 4. The number of carbonyl (C=O) groups is 1. The molecule has 0 radical (unpaired) electrons. The zero-order valence-corrected chi connectivity index (χ0v) is 17.4. The second-order valence-corrected chi connectivity index (χ2v) is 8.62. The molecule has 0 unspecified atom stereocenters. The third-order valence-corrected chi connectivity index (χ3v) is 5.51. The van der Waals surface area contributed by atoms with Gasteiger partial charge < -0.3 is 10.1 Å². The Morgan fingerprint density at radius 3 is 2.33 bits per heavy atom. The van der Waals surface area contributed by atoms with Crippen molar-refractivity contribution < 1.29 is 17.9 Å². The molecule has 0 saturated carbocycles. The predicted octanol–water partition coefficient (Wildman–Crippen LogP) is 3.47. The largest absolute Gasteiger partial charge is 0.496 e. The van der Waals surface area contributed by atoms with Crippen molar-refractivity contribution in [2.24, 2.45) is 0 Å². The van der Waals surface area contributed by atoms with Crippen LogP contribution in [0.3, 0.4) is 0 Å². The van der Waals surface area contributed by atoms with Crippen LogP contribution < -0.4 is 14.4 Å². The van der Waals surface area contributed by atoms with E-state index in [1.165, 1.54) is 32.2 Å². The molecule has 1 N–H and O–H groups in total. The molecule has 0 aliphatic heterocycles. The number of sulfonamides is 1. The van der Waals surface area contributed by atoms with Gasteiger partial charge in [0.15, 0.2) is 0 Å². The third kappa shape index (κ3) is 5.51.